The molecule has 0 radical (unpaired) electrons. The number of nitrogens with one attached hydrogen (secondary N) is 1. The van der Waals surface area contributed by atoms with Gasteiger partial charge in [0.25, 0.3) is 0 Å². The third-order valence-corrected chi connectivity index (χ3v) is 12.3. The molecule has 3 heterocycles. The molecule has 2 aliphatic carbocycles. The molecule has 5 aliphatic rings. The van der Waals surface area contributed by atoms with Gasteiger partial charge in [-0.15, -0.1) is 6.58 Å². The van der Waals surface area contributed by atoms with Crippen LogP contribution in [0.2, 0.25) is 0 Å². The molecular formula is C46H61N3O12. The first-order chi connectivity index (χ1) is 29.8. The third-order valence-electron chi connectivity index (χ3n) is 12.3. The second kappa shape index (κ2) is 20.8. The van der Waals surface area contributed by atoms with Gasteiger partial charge >= 0.3 is 12.2 Å². The zero-order valence-electron chi connectivity index (χ0n) is 35.4. The van der Waals surface area contributed by atoms with Gasteiger partial charge in [0.2, 0.25) is 18.9 Å². The number of oxime groups is 1. The van der Waals surface area contributed by atoms with E-state index in [9.17, 15) is 19.8 Å². The summed E-state index contributed by atoms with van der Waals surface area (Å²) >= 11 is 0. The van der Waals surface area contributed by atoms with Crippen LogP contribution in [0, 0.1) is 17.8 Å². The van der Waals surface area contributed by atoms with E-state index >= 15 is 0 Å². The average Bonchev–Trinajstić information content (AvgIpc) is 3.74. The van der Waals surface area contributed by atoms with Gasteiger partial charge < -0.3 is 53.5 Å². The summed E-state index contributed by atoms with van der Waals surface area (Å²) in [6.07, 6.45) is 9.38. The zero-order valence-corrected chi connectivity index (χ0v) is 35.4. The Labute approximate surface area is 357 Å². The van der Waals surface area contributed by atoms with Crippen molar-refractivity contribution in [2.75, 3.05) is 46.4 Å². The predicted molar refractivity (Wildman–Crippen MR) is 224 cm³/mol. The van der Waals surface area contributed by atoms with Gasteiger partial charge in [-0.3, -0.25) is 4.90 Å². The van der Waals surface area contributed by atoms with Gasteiger partial charge in [0.05, 0.1) is 31.5 Å². The highest BCUT2D eigenvalue weighted by molar-refractivity contribution is 6.03. The van der Waals surface area contributed by atoms with Crippen molar-refractivity contribution in [1.82, 2.24) is 10.2 Å². The van der Waals surface area contributed by atoms with Gasteiger partial charge in [0, 0.05) is 50.6 Å². The highest BCUT2D eigenvalue weighted by Crippen LogP contribution is 2.62. The van der Waals surface area contributed by atoms with E-state index in [1.165, 1.54) is 0 Å². The lowest BCUT2D eigenvalue weighted by Crippen LogP contribution is -2.70. The fraction of sp³-hybridized carbons (Fsp3) is 0.587. The number of hydrogen-bond donors (Lipinski definition) is 3. The lowest BCUT2D eigenvalue weighted by molar-refractivity contribution is -0.256. The molecule has 15 nitrogen and oxygen atoms in total. The minimum atomic E-state index is -1.52. The number of carbonyl (C=O) groups excluding carboxylic acids is 2. The Morgan fingerprint density at radius 1 is 1.02 bits per heavy atom. The Morgan fingerprint density at radius 3 is 2.57 bits per heavy atom. The number of unbranched alkanes of at least 4 members (excludes halogenated alkanes) is 2. The van der Waals surface area contributed by atoms with Gasteiger partial charge in [0.1, 0.15) is 17.5 Å². The molecule has 1 saturated heterocycles. The monoisotopic (exact) mass is 847 g/mol. The van der Waals surface area contributed by atoms with Crippen molar-refractivity contribution in [2.45, 2.75) is 109 Å². The van der Waals surface area contributed by atoms with Crippen LogP contribution in [0.3, 0.4) is 0 Å². The molecule has 2 aromatic rings. The normalized spacial score (nSPS) is 26.6. The van der Waals surface area contributed by atoms with Crippen molar-refractivity contribution >= 4 is 17.9 Å². The van der Waals surface area contributed by atoms with E-state index < -0.39 is 36.2 Å². The second-order valence-electron chi connectivity index (χ2n) is 16.1. The summed E-state index contributed by atoms with van der Waals surface area (Å²) in [5.74, 6) is -0.350. The largest absolute Gasteiger partial charge is 0.459 e. The van der Waals surface area contributed by atoms with Gasteiger partial charge in [0.15, 0.2) is 11.5 Å². The Morgan fingerprint density at radius 2 is 1.82 bits per heavy atom. The van der Waals surface area contributed by atoms with Crippen LogP contribution < -0.4 is 24.3 Å². The molecule has 3 aliphatic heterocycles. The predicted octanol–water partition coefficient (Wildman–Crippen LogP) is 7.34. The third kappa shape index (κ3) is 9.80. The van der Waals surface area contributed by atoms with E-state index in [2.05, 4.69) is 18.0 Å². The molecule has 7 rings (SSSR count). The SMILES string of the molecule is C=CCO[C@@]12Oc3ccc(OC(=O)NCC)cc3[C@H]3[C@H](CCCCO)[C@@H](CCCCO)C=C(C(=NOC4CCCCO4)C[C@@H]1N(Cc1ccc4c(c1)OCO4)C(=O)OCC)[C@H]32. The number of hydrogen-bond acceptors (Lipinski definition) is 13. The maximum atomic E-state index is 14.5. The standard InChI is InChI=1S/C46H61N3O12/c1-4-22-58-46-40(49(45(53)54-6-3)28-30-16-18-38-39(24-30)57-29-56-38)27-36(48-61-41-15-9-12-23-55-41)34-25-31(13-7-10-20-50)33(14-8-11-21-51)42(43(34)46)35-26-32(17-19-37(35)60-46)59-44(52)47-5-2/h4,16-19,24-26,31,33,40-43,50-51H,1,5-15,20-23,27-29H2,2-3H3,(H,47,52)/t31-,33+,40-,41?,42+,43+,46+/m0/s1. The first kappa shape index (κ1) is 44.2. The number of carbonyl (C=O) groups is 2. The summed E-state index contributed by atoms with van der Waals surface area (Å²) in [7, 11) is 0. The zero-order chi connectivity index (χ0) is 42.8. The van der Waals surface area contributed by atoms with Crippen molar-refractivity contribution in [3.05, 3.63) is 71.8 Å². The average molecular weight is 848 g/mol. The fourth-order valence-electron chi connectivity index (χ4n) is 9.66. The maximum absolute atomic E-state index is 14.5. The van der Waals surface area contributed by atoms with Crippen LogP contribution >= 0.6 is 0 Å². The van der Waals surface area contributed by atoms with E-state index in [0.717, 1.165) is 55.2 Å². The van der Waals surface area contributed by atoms with Gasteiger partial charge in [-0.1, -0.05) is 36.2 Å². The first-order valence-electron chi connectivity index (χ1n) is 22.0. The summed E-state index contributed by atoms with van der Waals surface area (Å²) in [4.78, 5) is 35.2. The summed E-state index contributed by atoms with van der Waals surface area (Å²) < 4.78 is 43.3. The molecule has 2 amide bonds. The number of rotatable bonds is 19. The molecule has 15 heteroatoms. The van der Waals surface area contributed by atoms with Crippen molar-refractivity contribution in [2.24, 2.45) is 22.9 Å². The molecule has 0 bridgehead atoms. The van der Waals surface area contributed by atoms with Crippen LogP contribution in [0.1, 0.15) is 95.1 Å². The molecule has 3 N–H and O–H groups in total. The van der Waals surface area contributed by atoms with E-state index in [4.69, 9.17) is 43.2 Å². The van der Waals surface area contributed by atoms with Gasteiger partial charge in [-0.2, -0.15) is 0 Å². The number of nitrogens with zero attached hydrogens (tertiary/aromatic N) is 2. The van der Waals surface area contributed by atoms with Crippen molar-refractivity contribution in [3.63, 3.8) is 0 Å². The number of amides is 2. The first-order valence-corrected chi connectivity index (χ1v) is 22.0. The van der Waals surface area contributed by atoms with Crippen LogP contribution in [0.15, 0.2) is 65.9 Å². The molecule has 0 spiro atoms. The fourth-order valence-corrected chi connectivity index (χ4v) is 9.66. The van der Waals surface area contributed by atoms with Crippen molar-refractivity contribution in [3.8, 4) is 23.0 Å². The Hall–Kier alpha value is -4.83. The number of benzene rings is 2. The number of aliphatic hydroxyl groups excluding tert-OH is 2. The topological polar surface area (TPSA) is 176 Å². The smallest absolute Gasteiger partial charge is 0.412 e. The molecule has 332 valence electrons. The molecule has 1 unspecified atom stereocenters. The molecule has 1 saturated carbocycles. The van der Waals surface area contributed by atoms with Crippen LogP contribution in [-0.4, -0.2) is 97.5 Å². The Bertz CT molecular complexity index is 1900. The highest BCUT2D eigenvalue weighted by atomic mass is 16.8. The van der Waals surface area contributed by atoms with E-state index in [-0.39, 0.29) is 63.9 Å². The Balaban J connectivity index is 1.44. The second-order valence-corrected chi connectivity index (χ2v) is 16.1. The van der Waals surface area contributed by atoms with Crippen LogP contribution in [0.5, 0.6) is 23.0 Å². The summed E-state index contributed by atoms with van der Waals surface area (Å²) in [6.45, 7) is 9.16. The summed E-state index contributed by atoms with van der Waals surface area (Å²) in [6, 6.07) is 10.1. The number of fused-ring (bicyclic) bond motifs is 3. The minimum absolute atomic E-state index is 0.0139. The molecule has 2 aromatic carbocycles. The molecule has 61 heavy (non-hydrogen) atoms. The number of allylic oxidation sites excluding steroid dienone is 1. The van der Waals surface area contributed by atoms with Gasteiger partial charge in [-0.25, -0.2) is 9.59 Å². The highest BCUT2D eigenvalue weighted by Gasteiger charge is 2.65. The van der Waals surface area contributed by atoms with E-state index in [1.54, 1.807) is 30.0 Å². The maximum Gasteiger partial charge on any atom is 0.412 e. The molecule has 7 atom stereocenters. The number of aliphatic hydroxyl groups is 2. The quantitative estimate of drug-likeness (QED) is 0.0730. The van der Waals surface area contributed by atoms with E-state index in [1.807, 2.05) is 31.2 Å². The summed E-state index contributed by atoms with van der Waals surface area (Å²) in [5.41, 5.74) is 3.11. The van der Waals surface area contributed by atoms with E-state index in [0.29, 0.717) is 61.1 Å². The van der Waals surface area contributed by atoms with Crippen molar-refractivity contribution < 1.29 is 57.8 Å². The van der Waals surface area contributed by atoms with Crippen LogP contribution in [0.25, 0.3) is 0 Å². The Kier molecular flexibility index (Phi) is 15.1. The van der Waals surface area contributed by atoms with Gasteiger partial charge in [-0.05, 0) is 106 Å². The van der Waals surface area contributed by atoms with Crippen LogP contribution in [0.4, 0.5) is 9.59 Å². The molecule has 0 aromatic heterocycles. The molecule has 2 fully saturated rings. The minimum Gasteiger partial charge on any atom is -0.459 e. The lowest BCUT2D eigenvalue weighted by Gasteiger charge is -2.59. The van der Waals surface area contributed by atoms with Crippen molar-refractivity contribution in [1.29, 1.82) is 0 Å². The lowest BCUT2D eigenvalue weighted by atomic mass is 9.55. The summed E-state index contributed by atoms with van der Waals surface area (Å²) in [5, 5.41) is 27.5. The van der Waals surface area contributed by atoms with Crippen LogP contribution in [-0.2, 0) is 25.6 Å². The molecular weight excluding hydrogens is 787 g/mol. The number of ether oxygens (including phenoxy) is 7.